The molecule has 0 aliphatic carbocycles. The number of alkyl halides is 3. The number of likely N-dealkylation sites (N-methyl/N-ethyl adjacent to an activating group) is 1. The minimum Gasteiger partial charge on any atom is -0.353 e. The van der Waals surface area contributed by atoms with E-state index < -0.39 is 23.6 Å². The molecule has 0 bridgehead atoms. The summed E-state index contributed by atoms with van der Waals surface area (Å²) in [5.74, 6) is -1.15. The third-order valence-corrected chi connectivity index (χ3v) is 5.58. The highest BCUT2D eigenvalue weighted by atomic mass is 19.4. The maximum absolute atomic E-state index is 12.7. The van der Waals surface area contributed by atoms with Crippen molar-refractivity contribution in [2.24, 2.45) is 0 Å². The molecule has 2 aliphatic heterocycles. The third kappa shape index (κ3) is 4.23. The summed E-state index contributed by atoms with van der Waals surface area (Å²) in [6.45, 7) is 1.14. The zero-order valence-electron chi connectivity index (χ0n) is 17.1. The molecule has 32 heavy (non-hydrogen) atoms. The van der Waals surface area contributed by atoms with E-state index in [1.54, 1.807) is 30.1 Å². The summed E-state index contributed by atoms with van der Waals surface area (Å²) in [4.78, 5) is 45.3. The topological polar surface area (TPSA) is 85.8 Å². The highest BCUT2D eigenvalue weighted by Crippen LogP contribution is 2.31. The van der Waals surface area contributed by atoms with E-state index in [0.29, 0.717) is 36.7 Å². The van der Waals surface area contributed by atoms with Crippen LogP contribution in [0.2, 0.25) is 0 Å². The van der Waals surface area contributed by atoms with Gasteiger partial charge in [-0.3, -0.25) is 14.4 Å². The van der Waals surface area contributed by atoms with Crippen molar-refractivity contribution in [3.05, 3.63) is 47.7 Å². The highest BCUT2D eigenvalue weighted by molar-refractivity contribution is 6.39. The fraction of sp³-hybridized carbons (Fsp3) is 0.333. The summed E-state index contributed by atoms with van der Waals surface area (Å²) in [5.41, 5.74) is 1.14. The second-order valence-corrected chi connectivity index (χ2v) is 7.61. The van der Waals surface area contributed by atoms with E-state index in [1.807, 2.05) is 0 Å². The molecule has 3 amide bonds. The number of benzene rings is 1. The van der Waals surface area contributed by atoms with Gasteiger partial charge in [0.1, 0.15) is 5.82 Å². The Bertz CT molecular complexity index is 1060. The number of piperazine rings is 1. The van der Waals surface area contributed by atoms with E-state index in [-0.39, 0.29) is 19.0 Å². The number of halogens is 3. The first kappa shape index (κ1) is 21.6. The summed E-state index contributed by atoms with van der Waals surface area (Å²) in [5, 5.41) is 2.57. The Morgan fingerprint density at radius 2 is 1.78 bits per heavy atom. The van der Waals surface area contributed by atoms with E-state index in [0.717, 1.165) is 17.8 Å². The Balaban J connectivity index is 1.33. The fourth-order valence-electron chi connectivity index (χ4n) is 3.73. The quantitative estimate of drug-likeness (QED) is 0.711. The summed E-state index contributed by atoms with van der Waals surface area (Å²) < 4.78 is 38.0. The summed E-state index contributed by atoms with van der Waals surface area (Å²) in [6.07, 6.45) is -3.37. The van der Waals surface area contributed by atoms with Gasteiger partial charge in [-0.05, 0) is 29.8 Å². The van der Waals surface area contributed by atoms with Crippen LogP contribution in [0.3, 0.4) is 0 Å². The minimum absolute atomic E-state index is 0.0417. The molecule has 11 heteroatoms. The van der Waals surface area contributed by atoms with Gasteiger partial charge in [0.15, 0.2) is 0 Å². The van der Waals surface area contributed by atoms with Gasteiger partial charge in [0, 0.05) is 50.8 Å². The van der Waals surface area contributed by atoms with Crippen LogP contribution in [0.15, 0.2) is 36.5 Å². The normalized spacial score (nSPS) is 16.2. The van der Waals surface area contributed by atoms with Crippen LogP contribution >= 0.6 is 0 Å². The van der Waals surface area contributed by atoms with E-state index in [2.05, 4.69) is 10.3 Å². The summed E-state index contributed by atoms with van der Waals surface area (Å²) in [6, 6.07) is 7.30. The van der Waals surface area contributed by atoms with Gasteiger partial charge >= 0.3 is 18.0 Å². The number of hydrogen-bond acceptors (Lipinski definition) is 5. The van der Waals surface area contributed by atoms with Gasteiger partial charge in [-0.15, -0.1) is 0 Å². The van der Waals surface area contributed by atoms with Crippen LogP contribution in [0, 0.1) is 0 Å². The molecule has 2 aromatic rings. The molecular formula is C21H20F3N5O3. The van der Waals surface area contributed by atoms with Crippen molar-refractivity contribution in [1.29, 1.82) is 0 Å². The lowest BCUT2D eigenvalue weighted by Gasteiger charge is -2.35. The van der Waals surface area contributed by atoms with Crippen molar-refractivity contribution >= 4 is 34.9 Å². The Kier molecular flexibility index (Phi) is 5.49. The number of anilines is 3. The van der Waals surface area contributed by atoms with Crippen LogP contribution in [-0.2, 0) is 27.0 Å². The van der Waals surface area contributed by atoms with E-state index >= 15 is 0 Å². The number of nitrogens with zero attached hydrogens (tertiary/aromatic N) is 4. The molecule has 1 aromatic heterocycles. The van der Waals surface area contributed by atoms with Crippen LogP contribution in [0.4, 0.5) is 30.4 Å². The van der Waals surface area contributed by atoms with Crippen LogP contribution in [0.5, 0.6) is 0 Å². The number of nitrogens with one attached hydrogen (secondary N) is 1. The van der Waals surface area contributed by atoms with Crippen LogP contribution in [0.1, 0.15) is 11.1 Å². The molecule has 4 rings (SSSR count). The lowest BCUT2D eigenvalue weighted by atomic mass is 10.1. The maximum Gasteiger partial charge on any atom is 0.417 e. The smallest absolute Gasteiger partial charge is 0.353 e. The van der Waals surface area contributed by atoms with Crippen molar-refractivity contribution < 1.29 is 27.6 Å². The molecule has 0 saturated carbocycles. The van der Waals surface area contributed by atoms with Crippen LogP contribution in [0.25, 0.3) is 0 Å². The van der Waals surface area contributed by atoms with Gasteiger partial charge in [0.05, 0.1) is 12.0 Å². The zero-order valence-corrected chi connectivity index (χ0v) is 17.1. The van der Waals surface area contributed by atoms with Crippen molar-refractivity contribution in [2.75, 3.05) is 48.3 Å². The molecule has 1 aromatic carbocycles. The third-order valence-electron chi connectivity index (χ3n) is 5.58. The number of fused-ring (bicyclic) bond motifs is 1. The molecule has 2 aliphatic rings. The molecule has 1 saturated heterocycles. The number of carbonyl (C=O) groups excluding carboxylic acids is 3. The van der Waals surface area contributed by atoms with Crippen molar-refractivity contribution in [3.63, 3.8) is 0 Å². The monoisotopic (exact) mass is 447 g/mol. The van der Waals surface area contributed by atoms with Crippen LogP contribution in [-0.4, -0.2) is 60.8 Å². The molecular weight excluding hydrogens is 427 g/mol. The number of hydrogen-bond donors (Lipinski definition) is 1. The van der Waals surface area contributed by atoms with Crippen molar-refractivity contribution in [1.82, 2.24) is 9.88 Å². The predicted octanol–water partition coefficient (Wildman–Crippen LogP) is 1.91. The Hall–Kier alpha value is -3.63. The number of amides is 3. The van der Waals surface area contributed by atoms with E-state index in [1.165, 1.54) is 15.9 Å². The van der Waals surface area contributed by atoms with Gasteiger partial charge < -0.3 is 20.0 Å². The average Bonchev–Trinajstić information content (AvgIpc) is 3.06. The largest absolute Gasteiger partial charge is 0.417 e. The number of rotatable bonds is 2. The second-order valence-electron chi connectivity index (χ2n) is 7.61. The first-order valence-electron chi connectivity index (χ1n) is 9.91. The van der Waals surface area contributed by atoms with Gasteiger partial charge in [-0.1, -0.05) is 6.07 Å². The average molecular weight is 447 g/mol. The molecule has 168 valence electrons. The molecule has 0 spiro atoms. The Morgan fingerprint density at radius 3 is 2.41 bits per heavy atom. The summed E-state index contributed by atoms with van der Waals surface area (Å²) in [7, 11) is 1.65. The van der Waals surface area contributed by atoms with Crippen molar-refractivity contribution in [2.45, 2.75) is 12.6 Å². The van der Waals surface area contributed by atoms with Gasteiger partial charge in [-0.25, -0.2) is 4.98 Å². The number of aromatic nitrogens is 1. The van der Waals surface area contributed by atoms with Gasteiger partial charge in [-0.2, -0.15) is 13.2 Å². The van der Waals surface area contributed by atoms with E-state index in [4.69, 9.17) is 0 Å². The Labute approximate surface area is 181 Å². The Morgan fingerprint density at radius 1 is 1.06 bits per heavy atom. The molecule has 1 N–H and O–H groups in total. The van der Waals surface area contributed by atoms with E-state index in [9.17, 15) is 27.6 Å². The molecule has 0 unspecified atom stereocenters. The highest BCUT2D eigenvalue weighted by Gasteiger charge is 2.32. The first-order chi connectivity index (χ1) is 15.1. The first-order valence-corrected chi connectivity index (χ1v) is 9.91. The lowest BCUT2D eigenvalue weighted by molar-refractivity contribution is -0.143. The van der Waals surface area contributed by atoms with Gasteiger partial charge in [0.2, 0.25) is 5.91 Å². The zero-order chi connectivity index (χ0) is 23.0. The van der Waals surface area contributed by atoms with Gasteiger partial charge in [0.25, 0.3) is 0 Å². The molecule has 0 radical (unpaired) electrons. The fourth-order valence-corrected chi connectivity index (χ4v) is 3.73. The SMILES string of the molecule is CN1C(=O)Cc2ccc(NC(=O)C(=O)N3CCN(c4ccc(C(F)(F)F)cn4)CC3)cc21. The molecule has 8 nitrogen and oxygen atoms in total. The number of carbonyl (C=O) groups is 3. The van der Waals surface area contributed by atoms with Crippen molar-refractivity contribution in [3.8, 4) is 0 Å². The number of pyridine rings is 1. The minimum atomic E-state index is -4.45. The maximum atomic E-state index is 12.7. The summed E-state index contributed by atoms with van der Waals surface area (Å²) >= 11 is 0. The predicted molar refractivity (Wildman–Crippen MR) is 110 cm³/mol. The molecule has 0 atom stereocenters. The lowest BCUT2D eigenvalue weighted by Crippen LogP contribution is -2.51. The standard InChI is InChI=1S/C21H20F3N5O3/c1-27-16-11-15(4-2-13(16)10-18(27)30)26-19(31)20(32)29-8-6-28(7-9-29)17-5-3-14(12-25-17)21(22,23)24/h2-5,11-12H,6-10H2,1H3,(H,26,31). The second kappa shape index (κ2) is 8.13. The molecule has 1 fully saturated rings. The molecule has 3 heterocycles. The van der Waals surface area contributed by atoms with Crippen LogP contribution < -0.4 is 15.1 Å².